The number of hydrogen-bond donors (Lipinski definition) is 2. The second-order valence-corrected chi connectivity index (χ2v) is 4.00. The van der Waals surface area contributed by atoms with Gasteiger partial charge in [0.1, 0.15) is 12.3 Å². The normalized spacial score (nSPS) is 10.5. The van der Waals surface area contributed by atoms with Gasteiger partial charge < -0.3 is 10.8 Å². The van der Waals surface area contributed by atoms with Crippen LogP contribution in [0.2, 0.25) is 0 Å². The summed E-state index contributed by atoms with van der Waals surface area (Å²) in [5, 5.41) is 16.9. The van der Waals surface area contributed by atoms with E-state index in [1.54, 1.807) is 30.5 Å². The van der Waals surface area contributed by atoms with Crippen molar-refractivity contribution in [2.45, 2.75) is 19.5 Å². The predicted molar refractivity (Wildman–Crippen MR) is 64.7 cm³/mol. The molecule has 0 amide bonds. The molecule has 1 aromatic heterocycles. The first kappa shape index (κ1) is 12.3. The van der Waals surface area contributed by atoms with Crippen molar-refractivity contribution in [1.82, 2.24) is 15.0 Å². The van der Waals surface area contributed by atoms with Crippen LogP contribution in [-0.2, 0) is 24.3 Å². The van der Waals surface area contributed by atoms with Crippen molar-refractivity contribution in [3.63, 3.8) is 0 Å². The number of nitrogens with two attached hydrogens (primary N) is 1. The van der Waals surface area contributed by atoms with Crippen molar-refractivity contribution >= 4 is 5.78 Å². The van der Waals surface area contributed by atoms with Crippen LogP contribution in [0.5, 0.6) is 5.75 Å². The molecule has 0 fully saturated rings. The van der Waals surface area contributed by atoms with Crippen LogP contribution in [0, 0.1) is 0 Å². The van der Waals surface area contributed by atoms with Gasteiger partial charge in [-0.2, -0.15) is 0 Å². The lowest BCUT2D eigenvalue weighted by Gasteiger charge is -2.01. The van der Waals surface area contributed by atoms with Crippen LogP contribution < -0.4 is 5.73 Å². The summed E-state index contributed by atoms with van der Waals surface area (Å²) in [5.41, 5.74) is 6.84. The summed E-state index contributed by atoms with van der Waals surface area (Å²) in [5.74, 6) is 0.153. The Balaban J connectivity index is 1.96. The molecule has 2 rings (SSSR count). The summed E-state index contributed by atoms with van der Waals surface area (Å²) in [6.07, 6.45) is 1.91. The van der Waals surface area contributed by atoms with Crippen LogP contribution >= 0.6 is 0 Å². The van der Waals surface area contributed by atoms with Crippen LogP contribution in [0.3, 0.4) is 0 Å². The molecular formula is C12H14N4O2. The second kappa shape index (κ2) is 5.42. The Bertz CT molecular complexity index is 551. The van der Waals surface area contributed by atoms with Crippen molar-refractivity contribution in [3.05, 3.63) is 41.7 Å². The van der Waals surface area contributed by atoms with Gasteiger partial charge in [-0.25, -0.2) is 4.68 Å². The average molecular weight is 246 g/mol. The Morgan fingerprint density at radius 2 is 2.28 bits per heavy atom. The lowest BCUT2D eigenvalue weighted by atomic mass is 10.1. The average Bonchev–Trinajstić information content (AvgIpc) is 2.76. The zero-order valence-corrected chi connectivity index (χ0v) is 9.78. The zero-order valence-electron chi connectivity index (χ0n) is 9.78. The number of ketones is 1. The molecule has 0 saturated carbocycles. The van der Waals surface area contributed by atoms with Gasteiger partial charge in [0.25, 0.3) is 0 Å². The van der Waals surface area contributed by atoms with Crippen molar-refractivity contribution in [3.8, 4) is 5.75 Å². The number of benzene rings is 1. The van der Waals surface area contributed by atoms with Crippen molar-refractivity contribution < 1.29 is 9.90 Å². The van der Waals surface area contributed by atoms with Gasteiger partial charge >= 0.3 is 0 Å². The highest BCUT2D eigenvalue weighted by Gasteiger charge is 2.07. The quantitative estimate of drug-likeness (QED) is 0.789. The van der Waals surface area contributed by atoms with E-state index in [1.165, 1.54) is 4.68 Å². The molecule has 94 valence electrons. The third-order valence-corrected chi connectivity index (χ3v) is 2.45. The van der Waals surface area contributed by atoms with E-state index in [1.807, 2.05) is 0 Å². The number of aromatic nitrogens is 3. The summed E-state index contributed by atoms with van der Waals surface area (Å²) < 4.78 is 1.47. The number of rotatable bonds is 5. The smallest absolute Gasteiger partial charge is 0.158 e. The van der Waals surface area contributed by atoms with Crippen LogP contribution in [0.4, 0.5) is 0 Å². The maximum atomic E-state index is 11.8. The molecule has 0 bridgehead atoms. The lowest BCUT2D eigenvalue weighted by Crippen LogP contribution is -2.13. The first-order valence-electron chi connectivity index (χ1n) is 5.56. The minimum Gasteiger partial charge on any atom is -0.508 e. The Kier molecular flexibility index (Phi) is 3.69. The summed E-state index contributed by atoms with van der Waals surface area (Å²) in [7, 11) is 0. The van der Waals surface area contributed by atoms with Crippen LogP contribution in [-0.4, -0.2) is 25.9 Å². The number of phenolic OH excluding ortho intramolecular Hbond substituents is 1. The first-order chi connectivity index (χ1) is 8.67. The highest BCUT2D eigenvalue weighted by molar-refractivity contribution is 5.80. The monoisotopic (exact) mass is 246 g/mol. The fourth-order valence-corrected chi connectivity index (χ4v) is 1.64. The number of carbonyl (C=O) groups is 1. The zero-order chi connectivity index (χ0) is 13.0. The van der Waals surface area contributed by atoms with E-state index in [-0.39, 0.29) is 24.5 Å². The van der Waals surface area contributed by atoms with Crippen molar-refractivity contribution in [2.75, 3.05) is 0 Å². The minimum atomic E-state index is -0.00549. The van der Waals surface area contributed by atoms with Gasteiger partial charge in [0.2, 0.25) is 0 Å². The molecule has 0 aliphatic rings. The molecule has 0 radical (unpaired) electrons. The van der Waals surface area contributed by atoms with Gasteiger partial charge in [-0.3, -0.25) is 4.79 Å². The molecule has 0 aliphatic carbocycles. The minimum absolute atomic E-state index is 0.00549. The topological polar surface area (TPSA) is 94.0 Å². The standard InChI is InChI=1S/C12H14N4O2/c13-6-10-7-16(15-14-10)8-12(18)5-9-2-1-3-11(17)4-9/h1-4,7,17H,5-6,8,13H2. The van der Waals surface area contributed by atoms with E-state index in [4.69, 9.17) is 5.73 Å². The maximum Gasteiger partial charge on any atom is 0.158 e. The molecule has 18 heavy (non-hydrogen) atoms. The molecule has 0 atom stereocenters. The Morgan fingerprint density at radius 1 is 1.44 bits per heavy atom. The summed E-state index contributed by atoms with van der Waals surface area (Å²) >= 11 is 0. The van der Waals surface area contributed by atoms with E-state index in [0.717, 1.165) is 5.56 Å². The number of aromatic hydroxyl groups is 1. The molecular weight excluding hydrogens is 232 g/mol. The second-order valence-electron chi connectivity index (χ2n) is 4.00. The molecule has 3 N–H and O–H groups in total. The van der Waals surface area contributed by atoms with E-state index >= 15 is 0 Å². The molecule has 6 nitrogen and oxygen atoms in total. The fourth-order valence-electron chi connectivity index (χ4n) is 1.64. The number of hydrogen-bond acceptors (Lipinski definition) is 5. The van der Waals surface area contributed by atoms with Crippen molar-refractivity contribution in [2.24, 2.45) is 5.73 Å². The van der Waals surface area contributed by atoms with Gasteiger partial charge in [-0.15, -0.1) is 5.10 Å². The van der Waals surface area contributed by atoms with Gasteiger partial charge in [0, 0.05) is 13.0 Å². The molecule has 1 aromatic carbocycles. The van der Waals surface area contributed by atoms with E-state index in [2.05, 4.69) is 10.3 Å². The molecule has 6 heteroatoms. The Labute approximate surface area is 104 Å². The van der Waals surface area contributed by atoms with E-state index < -0.39 is 0 Å². The van der Waals surface area contributed by atoms with E-state index in [9.17, 15) is 9.90 Å². The summed E-state index contributed by atoms with van der Waals surface area (Å²) in [4.78, 5) is 11.8. The highest BCUT2D eigenvalue weighted by atomic mass is 16.3. The third kappa shape index (κ3) is 3.14. The molecule has 0 saturated heterocycles. The van der Waals surface area contributed by atoms with Gasteiger partial charge in [0.05, 0.1) is 11.9 Å². The first-order valence-corrected chi connectivity index (χ1v) is 5.56. The van der Waals surface area contributed by atoms with Gasteiger partial charge in [-0.1, -0.05) is 17.3 Å². The molecule has 0 spiro atoms. The maximum absolute atomic E-state index is 11.8. The number of nitrogens with zero attached hydrogens (tertiary/aromatic N) is 3. The number of phenols is 1. The van der Waals surface area contributed by atoms with Crippen molar-refractivity contribution in [1.29, 1.82) is 0 Å². The summed E-state index contributed by atoms with van der Waals surface area (Å²) in [6.45, 7) is 0.462. The Morgan fingerprint density at radius 3 is 2.94 bits per heavy atom. The highest BCUT2D eigenvalue weighted by Crippen LogP contribution is 2.11. The van der Waals surface area contributed by atoms with Crippen LogP contribution in [0.1, 0.15) is 11.3 Å². The largest absolute Gasteiger partial charge is 0.508 e. The van der Waals surface area contributed by atoms with E-state index in [0.29, 0.717) is 12.2 Å². The molecule has 0 aliphatic heterocycles. The molecule has 2 aromatic rings. The Hall–Kier alpha value is -2.21. The molecule has 0 unspecified atom stereocenters. The third-order valence-electron chi connectivity index (χ3n) is 2.45. The summed E-state index contributed by atoms with van der Waals surface area (Å²) in [6, 6.07) is 6.65. The number of Topliss-reactive ketones (excluding diaryl/α,β-unsaturated/α-hetero) is 1. The lowest BCUT2D eigenvalue weighted by molar-refractivity contribution is -0.119. The van der Waals surface area contributed by atoms with Crippen LogP contribution in [0.25, 0.3) is 0 Å². The van der Waals surface area contributed by atoms with Gasteiger partial charge in [0.15, 0.2) is 5.78 Å². The predicted octanol–water partition coefficient (Wildman–Crippen LogP) is 0.254. The number of carbonyl (C=O) groups excluding carboxylic acids is 1. The van der Waals surface area contributed by atoms with Gasteiger partial charge in [-0.05, 0) is 17.7 Å². The SMILES string of the molecule is NCc1cn(CC(=O)Cc2cccc(O)c2)nn1. The van der Waals surface area contributed by atoms with Crippen LogP contribution in [0.15, 0.2) is 30.5 Å². The molecule has 1 heterocycles. The fraction of sp³-hybridized carbons (Fsp3) is 0.250.